The lowest BCUT2D eigenvalue weighted by molar-refractivity contribution is 0.0909. The number of benzene rings is 1. The second-order valence-electron chi connectivity index (χ2n) is 4.69. The summed E-state index contributed by atoms with van der Waals surface area (Å²) in [5.74, 6) is 0.651. The van der Waals surface area contributed by atoms with Gasteiger partial charge in [-0.3, -0.25) is 4.79 Å². The molecule has 0 saturated heterocycles. The Kier molecular flexibility index (Phi) is 2.67. The third kappa shape index (κ3) is 2.17. The molecule has 0 aliphatic heterocycles. The van der Waals surface area contributed by atoms with Gasteiger partial charge in [-0.1, -0.05) is 0 Å². The maximum absolute atomic E-state index is 12.0. The molecule has 0 bridgehead atoms. The maximum Gasteiger partial charge on any atom is 0.198 e. The number of methoxy groups -OCH3 is 1. The van der Waals surface area contributed by atoms with Crippen LogP contribution in [-0.2, 0) is 0 Å². The topological polar surface area (TPSA) is 68.1 Å². The van der Waals surface area contributed by atoms with Crippen molar-refractivity contribution >= 4 is 16.7 Å². The van der Waals surface area contributed by atoms with Crippen LogP contribution >= 0.6 is 0 Å². The Morgan fingerprint density at radius 1 is 1.35 bits per heavy atom. The zero-order valence-corrected chi connectivity index (χ0v) is 10.2. The number of nitrogens with one attached hydrogen (secondary N) is 1. The van der Waals surface area contributed by atoms with Crippen molar-refractivity contribution in [3.05, 3.63) is 30.0 Å². The number of nitrogens with two attached hydrogens (primary N) is 1. The Hall–Kier alpha value is -1.81. The summed E-state index contributed by atoms with van der Waals surface area (Å²) in [7, 11) is 1.61. The molecule has 0 unspecified atom stereocenters. The molecular formula is C13H16N2O2. The van der Waals surface area contributed by atoms with Gasteiger partial charge in [0, 0.05) is 17.0 Å². The van der Waals surface area contributed by atoms with Gasteiger partial charge in [0.2, 0.25) is 0 Å². The molecule has 1 aromatic carbocycles. The van der Waals surface area contributed by atoms with Gasteiger partial charge in [-0.25, -0.2) is 0 Å². The fraction of sp³-hybridized carbons (Fsp3) is 0.308. The van der Waals surface area contributed by atoms with E-state index in [4.69, 9.17) is 10.5 Å². The summed E-state index contributed by atoms with van der Waals surface area (Å²) in [6, 6.07) is 7.43. The molecule has 0 aliphatic rings. The quantitative estimate of drug-likeness (QED) is 0.796. The van der Waals surface area contributed by atoms with E-state index in [-0.39, 0.29) is 5.78 Å². The van der Waals surface area contributed by atoms with E-state index >= 15 is 0 Å². The average Bonchev–Trinajstić information content (AvgIpc) is 2.68. The van der Waals surface area contributed by atoms with Crippen molar-refractivity contribution in [2.75, 3.05) is 7.11 Å². The van der Waals surface area contributed by atoms with E-state index in [0.717, 1.165) is 16.7 Å². The third-order valence-corrected chi connectivity index (χ3v) is 2.66. The molecule has 3 N–H and O–H groups in total. The Morgan fingerprint density at radius 3 is 2.65 bits per heavy atom. The molecule has 0 atom stereocenters. The summed E-state index contributed by atoms with van der Waals surface area (Å²) in [6.45, 7) is 3.39. The highest BCUT2D eigenvalue weighted by atomic mass is 16.5. The number of aromatic amines is 1. The number of ketones is 1. The van der Waals surface area contributed by atoms with Crippen LogP contribution in [0.2, 0.25) is 0 Å². The van der Waals surface area contributed by atoms with E-state index in [1.807, 2.05) is 24.3 Å². The number of Topliss-reactive ketones (excluding diaryl/α,β-unsaturated/α-hetero) is 1. The van der Waals surface area contributed by atoms with Crippen molar-refractivity contribution in [1.29, 1.82) is 0 Å². The largest absolute Gasteiger partial charge is 0.497 e. The normalized spacial score (nSPS) is 11.8. The Bertz CT molecular complexity index is 564. The van der Waals surface area contributed by atoms with Gasteiger partial charge in [-0.15, -0.1) is 0 Å². The Labute approximate surface area is 99.8 Å². The summed E-state index contributed by atoms with van der Waals surface area (Å²) < 4.78 is 5.13. The number of H-pyrrole nitrogens is 1. The van der Waals surface area contributed by atoms with Gasteiger partial charge in [0.1, 0.15) is 5.75 Å². The summed E-state index contributed by atoms with van der Waals surface area (Å²) in [5, 5.41) is 0.971. The van der Waals surface area contributed by atoms with E-state index < -0.39 is 5.54 Å². The summed E-state index contributed by atoms with van der Waals surface area (Å²) >= 11 is 0. The van der Waals surface area contributed by atoms with Crippen LogP contribution in [0.15, 0.2) is 24.3 Å². The summed E-state index contributed by atoms with van der Waals surface area (Å²) in [5.41, 5.74) is 6.33. The molecule has 0 spiro atoms. The number of carbonyl (C=O) groups excluding carboxylic acids is 1. The summed E-state index contributed by atoms with van der Waals surface area (Å²) in [4.78, 5) is 15.1. The zero-order chi connectivity index (χ0) is 12.6. The molecule has 4 heteroatoms. The summed E-state index contributed by atoms with van der Waals surface area (Å²) in [6.07, 6.45) is 0. The standard InChI is InChI=1S/C13H16N2O2/c1-13(2,14)12(16)11-6-8-4-5-9(17-3)7-10(8)15-11/h4-7,15H,14H2,1-3H3. The van der Waals surface area contributed by atoms with Gasteiger partial charge >= 0.3 is 0 Å². The van der Waals surface area contributed by atoms with Gasteiger partial charge in [0.25, 0.3) is 0 Å². The second-order valence-corrected chi connectivity index (χ2v) is 4.69. The van der Waals surface area contributed by atoms with Crippen LogP contribution < -0.4 is 10.5 Å². The predicted octanol–water partition coefficient (Wildman–Crippen LogP) is 2.10. The van der Waals surface area contributed by atoms with E-state index in [1.165, 1.54) is 0 Å². The SMILES string of the molecule is COc1ccc2cc(C(=O)C(C)(C)N)[nH]c2c1. The highest BCUT2D eigenvalue weighted by Crippen LogP contribution is 2.22. The maximum atomic E-state index is 12.0. The molecule has 1 aromatic heterocycles. The lowest BCUT2D eigenvalue weighted by Crippen LogP contribution is -2.41. The monoisotopic (exact) mass is 232 g/mol. The average molecular weight is 232 g/mol. The van der Waals surface area contributed by atoms with Crippen molar-refractivity contribution in [3.63, 3.8) is 0 Å². The lowest BCUT2D eigenvalue weighted by atomic mass is 9.98. The molecule has 1 heterocycles. The Balaban J connectivity index is 2.48. The van der Waals surface area contributed by atoms with E-state index in [0.29, 0.717) is 5.69 Å². The Morgan fingerprint density at radius 2 is 2.06 bits per heavy atom. The lowest BCUT2D eigenvalue weighted by Gasteiger charge is -2.14. The molecule has 17 heavy (non-hydrogen) atoms. The van der Waals surface area contributed by atoms with Gasteiger partial charge in [-0.2, -0.15) is 0 Å². The zero-order valence-electron chi connectivity index (χ0n) is 10.2. The van der Waals surface area contributed by atoms with Crippen LogP contribution in [0.5, 0.6) is 5.75 Å². The van der Waals surface area contributed by atoms with E-state index in [9.17, 15) is 4.79 Å². The third-order valence-electron chi connectivity index (χ3n) is 2.66. The number of ether oxygens (including phenoxy) is 1. The molecule has 2 aromatic rings. The van der Waals surface area contributed by atoms with Gasteiger partial charge in [-0.05, 0) is 32.0 Å². The van der Waals surface area contributed by atoms with Crippen molar-refractivity contribution in [1.82, 2.24) is 4.98 Å². The van der Waals surface area contributed by atoms with Crippen molar-refractivity contribution in [3.8, 4) is 5.75 Å². The van der Waals surface area contributed by atoms with Gasteiger partial charge in [0.05, 0.1) is 18.3 Å². The number of carbonyl (C=O) groups is 1. The molecule has 0 fully saturated rings. The number of fused-ring (bicyclic) bond motifs is 1. The first-order valence-corrected chi connectivity index (χ1v) is 5.42. The van der Waals surface area contributed by atoms with Gasteiger partial charge in [0.15, 0.2) is 5.78 Å². The molecule has 4 nitrogen and oxygen atoms in total. The van der Waals surface area contributed by atoms with Gasteiger partial charge < -0.3 is 15.5 Å². The van der Waals surface area contributed by atoms with Crippen LogP contribution in [0.1, 0.15) is 24.3 Å². The first-order chi connectivity index (χ1) is 7.91. The van der Waals surface area contributed by atoms with Crippen LogP contribution in [0.4, 0.5) is 0 Å². The molecular weight excluding hydrogens is 216 g/mol. The molecule has 90 valence electrons. The highest BCUT2D eigenvalue weighted by molar-refractivity contribution is 6.04. The highest BCUT2D eigenvalue weighted by Gasteiger charge is 2.24. The van der Waals surface area contributed by atoms with Crippen LogP contribution in [-0.4, -0.2) is 23.4 Å². The minimum absolute atomic E-state index is 0.104. The van der Waals surface area contributed by atoms with Crippen LogP contribution in [0, 0.1) is 0 Å². The second kappa shape index (κ2) is 3.89. The first-order valence-electron chi connectivity index (χ1n) is 5.42. The molecule has 0 aliphatic carbocycles. The first kappa shape index (κ1) is 11.7. The fourth-order valence-electron chi connectivity index (χ4n) is 1.70. The van der Waals surface area contributed by atoms with Crippen molar-refractivity contribution in [2.45, 2.75) is 19.4 Å². The number of hydrogen-bond acceptors (Lipinski definition) is 3. The predicted molar refractivity (Wildman–Crippen MR) is 67.4 cm³/mol. The van der Waals surface area contributed by atoms with Crippen LogP contribution in [0.3, 0.4) is 0 Å². The van der Waals surface area contributed by atoms with Crippen LogP contribution in [0.25, 0.3) is 10.9 Å². The molecule has 0 saturated carbocycles. The number of rotatable bonds is 3. The fourth-order valence-corrected chi connectivity index (χ4v) is 1.70. The molecule has 0 radical (unpaired) electrons. The number of aromatic nitrogens is 1. The van der Waals surface area contributed by atoms with E-state index in [1.54, 1.807) is 21.0 Å². The smallest absolute Gasteiger partial charge is 0.198 e. The minimum atomic E-state index is -0.870. The minimum Gasteiger partial charge on any atom is -0.497 e. The van der Waals surface area contributed by atoms with E-state index in [2.05, 4.69) is 4.98 Å². The van der Waals surface area contributed by atoms with Crippen molar-refractivity contribution in [2.24, 2.45) is 5.73 Å². The van der Waals surface area contributed by atoms with Crippen molar-refractivity contribution < 1.29 is 9.53 Å². The molecule has 0 amide bonds. The molecule has 2 rings (SSSR count). The number of hydrogen-bond donors (Lipinski definition) is 2.